The summed E-state index contributed by atoms with van der Waals surface area (Å²) in [6.07, 6.45) is 11.1. The Hall–Kier alpha value is -2.37. The molecule has 0 unspecified atom stereocenters. The van der Waals surface area contributed by atoms with Crippen molar-refractivity contribution in [2.45, 2.75) is 88.6 Å². The molecule has 0 bridgehead atoms. The molecular formula is C32H44N2O3. The molecule has 1 saturated carbocycles. The highest BCUT2D eigenvalue weighted by Crippen LogP contribution is 2.55. The lowest BCUT2D eigenvalue weighted by atomic mass is 9.52. The predicted octanol–water partition coefficient (Wildman–Crippen LogP) is 6.02. The van der Waals surface area contributed by atoms with E-state index in [1.165, 1.54) is 36.0 Å². The van der Waals surface area contributed by atoms with Gasteiger partial charge in [-0.05, 0) is 106 Å². The third kappa shape index (κ3) is 6.04. The first-order chi connectivity index (χ1) is 18.0. The fraction of sp³-hybridized carbons (Fsp3) is 0.594. The number of aryl methyl sites for hydroxylation is 1. The van der Waals surface area contributed by atoms with Crippen LogP contribution in [-0.4, -0.2) is 47.9 Å². The smallest absolute Gasteiger partial charge is 0.410 e. The molecule has 0 spiro atoms. The highest BCUT2D eigenvalue weighted by molar-refractivity contribution is 5.70. The van der Waals surface area contributed by atoms with Gasteiger partial charge in [-0.1, -0.05) is 56.2 Å². The van der Waals surface area contributed by atoms with Gasteiger partial charge in [0.25, 0.3) is 0 Å². The maximum absolute atomic E-state index is 12.5. The van der Waals surface area contributed by atoms with Crippen LogP contribution < -0.4 is 10.1 Å². The number of rotatable bonds is 8. The van der Waals surface area contributed by atoms with Crippen LogP contribution in [0.5, 0.6) is 5.75 Å². The molecule has 2 aromatic rings. The number of fused-ring (bicyclic) bond motifs is 3. The van der Waals surface area contributed by atoms with Gasteiger partial charge in [-0.15, -0.1) is 0 Å². The van der Waals surface area contributed by atoms with Crippen molar-refractivity contribution in [2.75, 3.05) is 26.2 Å². The summed E-state index contributed by atoms with van der Waals surface area (Å²) >= 11 is 0. The van der Waals surface area contributed by atoms with Crippen molar-refractivity contribution < 1.29 is 14.6 Å². The minimum absolute atomic E-state index is 0.0180. The van der Waals surface area contributed by atoms with E-state index in [0.29, 0.717) is 18.2 Å². The van der Waals surface area contributed by atoms with Gasteiger partial charge in [-0.2, -0.15) is 0 Å². The van der Waals surface area contributed by atoms with E-state index in [9.17, 15) is 9.90 Å². The molecule has 0 aromatic heterocycles. The van der Waals surface area contributed by atoms with Crippen LogP contribution in [0.4, 0.5) is 4.79 Å². The van der Waals surface area contributed by atoms with Crippen LogP contribution in [0.3, 0.4) is 0 Å². The fourth-order valence-electron chi connectivity index (χ4n) is 7.43. The van der Waals surface area contributed by atoms with Crippen molar-refractivity contribution in [1.29, 1.82) is 0 Å². The van der Waals surface area contributed by atoms with Crippen molar-refractivity contribution in [3.8, 4) is 5.75 Å². The zero-order valence-electron chi connectivity index (χ0n) is 22.5. The molecule has 0 radical (unpaired) electrons. The van der Waals surface area contributed by atoms with Gasteiger partial charge in [0.15, 0.2) is 0 Å². The molecule has 2 N–H and O–H groups in total. The molecule has 1 aliphatic heterocycles. The highest BCUT2D eigenvalue weighted by Gasteiger charge is 2.51. The highest BCUT2D eigenvalue weighted by atomic mass is 16.6. The molecule has 2 fully saturated rings. The molecule has 1 amide bonds. The van der Waals surface area contributed by atoms with Crippen molar-refractivity contribution in [2.24, 2.45) is 5.92 Å². The van der Waals surface area contributed by atoms with Crippen LogP contribution in [-0.2, 0) is 18.3 Å². The lowest BCUT2D eigenvalue weighted by molar-refractivity contribution is -0.0565. The molecule has 2 aliphatic carbocycles. The number of carbonyl (C=O) groups excluding carboxylic acids is 1. The number of hydrogen-bond acceptors (Lipinski definition) is 4. The summed E-state index contributed by atoms with van der Waals surface area (Å²) < 4.78 is 5.71. The minimum atomic E-state index is -0.535. The van der Waals surface area contributed by atoms with E-state index in [1.807, 2.05) is 6.07 Å². The quantitative estimate of drug-likeness (QED) is 0.462. The van der Waals surface area contributed by atoms with Gasteiger partial charge in [-0.3, -0.25) is 0 Å². The zero-order valence-corrected chi connectivity index (χ0v) is 22.5. The molecule has 200 valence electrons. The van der Waals surface area contributed by atoms with Crippen LogP contribution in [0.25, 0.3) is 0 Å². The summed E-state index contributed by atoms with van der Waals surface area (Å²) in [5, 5.41) is 14.3. The van der Waals surface area contributed by atoms with Crippen molar-refractivity contribution in [3.63, 3.8) is 0 Å². The van der Waals surface area contributed by atoms with Gasteiger partial charge >= 0.3 is 6.09 Å². The topological polar surface area (TPSA) is 61.8 Å². The maximum Gasteiger partial charge on any atom is 0.412 e. The summed E-state index contributed by atoms with van der Waals surface area (Å²) in [5.41, 5.74) is 3.53. The molecule has 37 heavy (non-hydrogen) atoms. The molecule has 5 nitrogen and oxygen atoms in total. The second kappa shape index (κ2) is 11.6. The average Bonchev–Trinajstić information content (AvgIpc) is 2.90. The van der Waals surface area contributed by atoms with E-state index in [0.717, 1.165) is 71.0 Å². The number of likely N-dealkylation sites (tertiary alicyclic amines) is 1. The molecule has 1 heterocycles. The van der Waals surface area contributed by atoms with Gasteiger partial charge in [0.05, 0.1) is 5.60 Å². The van der Waals surface area contributed by atoms with Gasteiger partial charge in [0.1, 0.15) is 5.75 Å². The summed E-state index contributed by atoms with van der Waals surface area (Å²) in [7, 11) is 0. The van der Waals surface area contributed by atoms with Crippen LogP contribution in [0.15, 0.2) is 48.5 Å². The first-order valence-electron chi connectivity index (χ1n) is 14.6. The normalized spacial score (nSPS) is 27.7. The zero-order chi connectivity index (χ0) is 25.7. The van der Waals surface area contributed by atoms with Gasteiger partial charge < -0.3 is 20.1 Å². The summed E-state index contributed by atoms with van der Waals surface area (Å²) in [6, 6.07) is 17.1. The predicted molar refractivity (Wildman–Crippen MR) is 148 cm³/mol. The number of ether oxygens (including phenoxy) is 1. The van der Waals surface area contributed by atoms with E-state index < -0.39 is 5.60 Å². The SMILES string of the molecule is CCC[C@@]1(O)CC[C@@]2(Cc3ccccc3)c3ccc(OC(=O)NCCN4CCCCC4)cc3CC[C@@H]2C1. The van der Waals surface area contributed by atoms with Gasteiger partial charge in [0.2, 0.25) is 0 Å². The van der Waals surface area contributed by atoms with Crippen LogP contribution in [0.2, 0.25) is 0 Å². The van der Waals surface area contributed by atoms with E-state index in [2.05, 4.69) is 59.6 Å². The number of carbonyl (C=O) groups is 1. The first-order valence-corrected chi connectivity index (χ1v) is 14.6. The van der Waals surface area contributed by atoms with E-state index in [-0.39, 0.29) is 11.5 Å². The number of piperidine rings is 1. The average molecular weight is 505 g/mol. The number of aliphatic hydroxyl groups is 1. The monoisotopic (exact) mass is 504 g/mol. The van der Waals surface area contributed by atoms with Gasteiger partial charge in [0, 0.05) is 18.5 Å². The van der Waals surface area contributed by atoms with Crippen LogP contribution >= 0.6 is 0 Å². The number of amides is 1. The van der Waals surface area contributed by atoms with Gasteiger partial charge in [-0.25, -0.2) is 4.79 Å². The third-order valence-electron chi connectivity index (χ3n) is 9.25. The van der Waals surface area contributed by atoms with Crippen molar-refractivity contribution in [1.82, 2.24) is 10.2 Å². The Morgan fingerprint density at radius 1 is 1.11 bits per heavy atom. The third-order valence-corrected chi connectivity index (χ3v) is 9.25. The Morgan fingerprint density at radius 3 is 2.70 bits per heavy atom. The molecule has 2 aromatic carbocycles. The fourth-order valence-corrected chi connectivity index (χ4v) is 7.43. The molecule has 3 aliphatic rings. The Balaban J connectivity index is 1.31. The number of hydrogen-bond donors (Lipinski definition) is 2. The molecule has 3 atom stereocenters. The number of nitrogens with zero attached hydrogens (tertiary/aromatic N) is 1. The summed E-state index contributed by atoms with van der Waals surface area (Å²) in [4.78, 5) is 14.9. The first kappa shape index (κ1) is 26.2. The minimum Gasteiger partial charge on any atom is -0.410 e. The Bertz CT molecular complexity index is 1050. The second-order valence-electron chi connectivity index (χ2n) is 11.8. The lowest BCUT2D eigenvalue weighted by Gasteiger charge is -2.53. The molecule has 5 rings (SSSR count). The molecule has 1 saturated heterocycles. The van der Waals surface area contributed by atoms with Crippen LogP contribution in [0.1, 0.15) is 81.4 Å². The second-order valence-corrected chi connectivity index (χ2v) is 11.8. The summed E-state index contributed by atoms with van der Waals surface area (Å²) in [6.45, 7) is 5.93. The van der Waals surface area contributed by atoms with E-state index in [4.69, 9.17) is 4.74 Å². The Labute approximate surface area is 222 Å². The van der Waals surface area contributed by atoms with E-state index >= 15 is 0 Å². The lowest BCUT2D eigenvalue weighted by Crippen LogP contribution is -2.51. The van der Waals surface area contributed by atoms with Crippen molar-refractivity contribution >= 4 is 6.09 Å². The summed E-state index contributed by atoms with van der Waals surface area (Å²) in [5.74, 6) is 1.08. The maximum atomic E-state index is 12.5. The van der Waals surface area contributed by atoms with Crippen molar-refractivity contribution in [3.05, 3.63) is 65.2 Å². The Kier molecular flexibility index (Phi) is 8.21. The van der Waals surface area contributed by atoms with Crippen LogP contribution in [0, 0.1) is 5.92 Å². The standard InChI is InChI=1S/C32H44N2O3/c1-2-15-31(36)16-17-32(23-25-9-5-3-6-10-25)27(24-31)12-11-26-22-28(13-14-29(26)32)37-30(35)33-18-21-34-19-7-4-8-20-34/h3,5-6,9-10,13-14,22,27,36H,2,4,7-8,11-12,15-21,23-24H2,1H3,(H,33,35)/t27-,31-,32+/m1/s1. The Morgan fingerprint density at radius 2 is 1.92 bits per heavy atom. The number of nitrogens with one attached hydrogen (secondary N) is 1. The molecule has 5 heteroatoms. The largest absolute Gasteiger partial charge is 0.412 e. The molecular weight excluding hydrogens is 460 g/mol. The van der Waals surface area contributed by atoms with E-state index in [1.54, 1.807) is 0 Å². The number of benzene rings is 2.